The van der Waals surface area contributed by atoms with Gasteiger partial charge in [0.05, 0.1) is 28.3 Å². The normalized spacial score (nSPS) is 10.5. The minimum atomic E-state index is -0.984. The number of carboxylic acid groups (broad SMARTS) is 1. The topological polar surface area (TPSA) is 76.0 Å². The Bertz CT molecular complexity index is 891. The van der Waals surface area contributed by atoms with Crippen LogP contribution in [0.2, 0.25) is 0 Å². The summed E-state index contributed by atoms with van der Waals surface area (Å²) in [7, 11) is 0. The van der Waals surface area contributed by atoms with Gasteiger partial charge in [0.25, 0.3) is 0 Å². The van der Waals surface area contributed by atoms with Crippen LogP contribution in [-0.2, 0) is 0 Å². The van der Waals surface area contributed by atoms with E-state index in [1.54, 1.807) is 6.20 Å². The van der Waals surface area contributed by atoms with Gasteiger partial charge in [0.1, 0.15) is 0 Å². The van der Waals surface area contributed by atoms with Crippen LogP contribution in [0.4, 0.5) is 0 Å². The molecule has 1 N–H and O–H groups in total. The number of pyridine rings is 3. The van der Waals surface area contributed by atoms with Crippen LogP contribution in [0.25, 0.3) is 22.8 Å². The van der Waals surface area contributed by atoms with E-state index >= 15 is 0 Å². The minimum absolute atomic E-state index is 0.188. The van der Waals surface area contributed by atoms with Crippen molar-refractivity contribution < 1.29 is 9.90 Å². The minimum Gasteiger partial charge on any atom is -0.478 e. The van der Waals surface area contributed by atoms with E-state index in [0.29, 0.717) is 11.4 Å². The van der Waals surface area contributed by atoms with Crippen LogP contribution in [-0.4, -0.2) is 26.0 Å². The zero-order valence-electron chi connectivity index (χ0n) is 12.8. The second-order valence-electron chi connectivity index (χ2n) is 5.37. The Balaban J connectivity index is 2.11. The monoisotopic (exact) mass is 305 g/mol. The molecule has 0 aromatic carbocycles. The number of aryl methyl sites for hydroxylation is 2. The molecule has 114 valence electrons. The first kappa shape index (κ1) is 14.8. The zero-order chi connectivity index (χ0) is 16.4. The lowest BCUT2D eigenvalue weighted by molar-refractivity contribution is 0.0697. The van der Waals surface area contributed by atoms with Gasteiger partial charge in [0.2, 0.25) is 0 Å². The van der Waals surface area contributed by atoms with Crippen molar-refractivity contribution in [3.8, 4) is 22.8 Å². The number of aromatic nitrogens is 3. The average molecular weight is 305 g/mol. The summed E-state index contributed by atoms with van der Waals surface area (Å²) in [6, 6.07) is 10.7. The number of hydrogen-bond acceptors (Lipinski definition) is 4. The molecule has 3 rings (SSSR count). The van der Waals surface area contributed by atoms with E-state index in [0.717, 1.165) is 22.5 Å². The predicted molar refractivity (Wildman–Crippen MR) is 87.1 cm³/mol. The van der Waals surface area contributed by atoms with E-state index in [1.165, 1.54) is 18.3 Å². The van der Waals surface area contributed by atoms with Crippen molar-refractivity contribution in [2.24, 2.45) is 0 Å². The molecule has 0 aliphatic carbocycles. The first-order valence-electron chi connectivity index (χ1n) is 7.14. The molecule has 0 saturated carbocycles. The highest BCUT2D eigenvalue weighted by Gasteiger charge is 2.10. The Kier molecular flexibility index (Phi) is 3.85. The van der Waals surface area contributed by atoms with Gasteiger partial charge in [0.15, 0.2) is 0 Å². The number of rotatable bonds is 3. The third-order valence-electron chi connectivity index (χ3n) is 3.42. The van der Waals surface area contributed by atoms with Gasteiger partial charge in [-0.1, -0.05) is 0 Å². The molecule has 0 saturated heterocycles. The van der Waals surface area contributed by atoms with Crippen LogP contribution in [0.5, 0.6) is 0 Å². The van der Waals surface area contributed by atoms with E-state index in [4.69, 9.17) is 5.11 Å². The lowest BCUT2D eigenvalue weighted by Crippen LogP contribution is -1.99. The quantitative estimate of drug-likeness (QED) is 0.801. The Morgan fingerprint density at radius 2 is 1.39 bits per heavy atom. The molecule has 0 amide bonds. The second kappa shape index (κ2) is 5.96. The first-order chi connectivity index (χ1) is 11.0. The lowest BCUT2D eigenvalue weighted by Gasteiger charge is -2.07. The van der Waals surface area contributed by atoms with E-state index < -0.39 is 5.97 Å². The number of carboxylic acids is 1. The second-order valence-corrected chi connectivity index (χ2v) is 5.37. The van der Waals surface area contributed by atoms with Crippen molar-refractivity contribution in [1.82, 2.24) is 15.0 Å². The Morgan fingerprint density at radius 1 is 0.826 bits per heavy atom. The molecule has 5 heteroatoms. The highest BCUT2D eigenvalue weighted by molar-refractivity contribution is 5.88. The Labute approximate surface area is 133 Å². The summed E-state index contributed by atoms with van der Waals surface area (Å²) in [5, 5.41) is 9.12. The first-order valence-corrected chi connectivity index (χ1v) is 7.14. The molecule has 23 heavy (non-hydrogen) atoms. The van der Waals surface area contributed by atoms with Crippen molar-refractivity contribution in [2.45, 2.75) is 13.8 Å². The predicted octanol–water partition coefficient (Wildman–Crippen LogP) is 3.52. The molecule has 3 aromatic rings. The summed E-state index contributed by atoms with van der Waals surface area (Å²) in [5.74, 6) is -0.984. The molecule has 0 bridgehead atoms. The molecule has 0 unspecified atom stereocenters. The van der Waals surface area contributed by atoms with Crippen LogP contribution in [0.15, 0.2) is 48.8 Å². The molecule has 0 fully saturated rings. The highest BCUT2D eigenvalue weighted by atomic mass is 16.4. The number of carbonyl (C=O) groups is 1. The van der Waals surface area contributed by atoms with Crippen LogP contribution in [0, 0.1) is 13.8 Å². The van der Waals surface area contributed by atoms with E-state index in [-0.39, 0.29) is 5.56 Å². The van der Waals surface area contributed by atoms with Gasteiger partial charge in [-0.2, -0.15) is 0 Å². The lowest BCUT2D eigenvalue weighted by atomic mass is 10.1. The third kappa shape index (κ3) is 3.23. The fourth-order valence-electron chi connectivity index (χ4n) is 2.31. The number of hydrogen-bond donors (Lipinski definition) is 1. The standard InChI is InChI=1S/C18H15N3O2/c1-11-3-5-19-14(7-11)16-8-12(2)9-17(21-16)15-10-13(18(22)23)4-6-20-15/h3-10H,1-2H3,(H,22,23). The van der Waals surface area contributed by atoms with Crippen molar-refractivity contribution in [3.63, 3.8) is 0 Å². The van der Waals surface area contributed by atoms with Gasteiger partial charge in [-0.15, -0.1) is 0 Å². The Hall–Kier alpha value is -3.08. The van der Waals surface area contributed by atoms with Gasteiger partial charge in [-0.05, 0) is 61.4 Å². The van der Waals surface area contributed by atoms with Gasteiger partial charge in [-0.3, -0.25) is 9.97 Å². The molecular formula is C18H15N3O2. The SMILES string of the molecule is Cc1ccnc(-c2cc(C)cc(-c3cc(C(=O)O)ccn3)n2)c1. The average Bonchev–Trinajstić information content (AvgIpc) is 2.54. The molecular weight excluding hydrogens is 290 g/mol. The van der Waals surface area contributed by atoms with Gasteiger partial charge < -0.3 is 5.11 Å². The Morgan fingerprint density at radius 3 is 2.00 bits per heavy atom. The maximum atomic E-state index is 11.1. The van der Waals surface area contributed by atoms with Gasteiger partial charge in [-0.25, -0.2) is 9.78 Å². The molecule has 0 radical (unpaired) electrons. The van der Waals surface area contributed by atoms with Crippen LogP contribution < -0.4 is 0 Å². The molecule has 0 atom stereocenters. The zero-order valence-corrected chi connectivity index (χ0v) is 12.8. The largest absolute Gasteiger partial charge is 0.478 e. The summed E-state index contributed by atoms with van der Waals surface area (Å²) in [5.41, 5.74) is 4.99. The summed E-state index contributed by atoms with van der Waals surface area (Å²) < 4.78 is 0. The fraction of sp³-hybridized carbons (Fsp3) is 0.111. The van der Waals surface area contributed by atoms with Crippen LogP contribution in [0.3, 0.4) is 0 Å². The molecule has 5 nitrogen and oxygen atoms in total. The van der Waals surface area contributed by atoms with Gasteiger partial charge in [0, 0.05) is 12.4 Å². The van der Waals surface area contributed by atoms with Crippen molar-refractivity contribution >= 4 is 5.97 Å². The van der Waals surface area contributed by atoms with Gasteiger partial charge >= 0.3 is 5.97 Å². The maximum Gasteiger partial charge on any atom is 0.335 e. The number of nitrogens with zero attached hydrogens (tertiary/aromatic N) is 3. The molecule has 0 aliphatic rings. The summed E-state index contributed by atoms with van der Waals surface area (Å²) >= 11 is 0. The van der Waals surface area contributed by atoms with Crippen molar-refractivity contribution in [1.29, 1.82) is 0 Å². The summed E-state index contributed by atoms with van der Waals surface area (Å²) in [6.07, 6.45) is 3.23. The van der Waals surface area contributed by atoms with E-state index in [2.05, 4.69) is 15.0 Å². The molecule has 0 aliphatic heterocycles. The number of aromatic carboxylic acids is 1. The van der Waals surface area contributed by atoms with Crippen molar-refractivity contribution in [3.05, 3.63) is 65.5 Å². The third-order valence-corrected chi connectivity index (χ3v) is 3.42. The molecule has 3 heterocycles. The van der Waals surface area contributed by atoms with E-state index in [9.17, 15) is 4.79 Å². The fourth-order valence-corrected chi connectivity index (χ4v) is 2.31. The maximum absolute atomic E-state index is 11.1. The molecule has 3 aromatic heterocycles. The summed E-state index contributed by atoms with van der Waals surface area (Å²) in [4.78, 5) is 24.3. The van der Waals surface area contributed by atoms with Crippen LogP contribution in [0.1, 0.15) is 21.5 Å². The van der Waals surface area contributed by atoms with E-state index in [1.807, 2.05) is 38.1 Å². The summed E-state index contributed by atoms with van der Waals surface area (Å²) in [6.45, 7) is 3.96. The highest BCUT2D eigenvalue weighted by Crippen LogP contribution is 2.23. The smallest absolute Gasteiger partial charge is 0.335 e. The van der Waals surface area contributed by atoms with Crippen LogP contribution >= 0.6 is 0 Å². The molecule has 0 spiro atoms. The van der Waals surface area contributed by atoms with Crippen molar-refractivity contribution in [2.75, 3.05) is 0 Å².